The smallest absolute Gasteiger partial charge is 0.130 e. The zero-order valence-electron chi connectivity index (χ0n) is 11.9. The summed E-state index contributed by atoms with van der Waals surface area (Å²) in [6, 6.07) is 14.3. The molecule has 3 heteroatoms. The van der Waals surface area contributed by atoms with Crippen molar-refractivity contribution in [3.8, 4) is 11.5 Å². The third kappa shape index (κ3) is 4.09. The minimum Gasteiger partial charge on any atom is -0.457 e. The van der Waals surface area contributed by atoms with Gasteiger partial charge in [-0.3, -0.25) is 0 Å². The molecule has 0 saturated carbocycles. The number of ether oxygens (including phenoxy) is 1. The highest BCUT2D eigenvalue weighted by Gasteiger charge is 2.09. The van der Waals surface area contributed by atoms with Crippen LogP contribution in [-0.4, -0.2) is 6.04 Å². The fourth-order valence-corrected chi connectivity index (χ4v) is 2.38. The average molecular weight is 334 g/mol. The minimum atomic E-state index is 0.157. The lowest BCUT2D eigenvalue weighted by atomic mass is 10.0. The largest absolute Gasteiger partial charge is 0.457 e. The number of rotatable bonds is 5. The Morgan fingerprint density at radius 3 is 2.50 bits per heavy atom. The van der Waals surface area contributed by atoms with E-state index in [0.29, 0.717) is 0 Å². The van der Waals surface area contributed by atoms with E-state index in [-0.39, 0.29) is 6.04 Å². The third-order valence-corrected chi connectivity index (χ3v) is 3.77. The van der Waals surface area contributed by atoms with E-state index in [2.05, 4.69) is 35.8 Å². The van der Waals surface area contributed by atoms with Gasteiger partial charge in [-0.2, -0.15) is 0 Å². The summed E-state index contributed by atoms with van der Waals surface area (Å²) in [6.07, 6.45) is 1.77. The second kappa shape index (κ2) is 6.91. The van der Waals surface area contributed by atoms with Gasteiger partial charge in [0.25, 0.3) is 0 Å². The van der Waals surface area contributed by atoms with Crippen LogP contribution in [0.3, 0.4) is 0 Å². The molecule has 0 aromatic heterocycles. The fourth-order valence-electron chi connectivity index (χ4n) is 1.97. The number of nitrogens with two attached hydrogens (primary N) is 1. The maximum Gasteiger partial charge on any atom is 0.130 e. The van der Waals surface area contributed by atoms with E-state index >= 15 is 0 Å². The quantitative estimate of drug-likeness (QED) is 0.850. The van der Waals surface area contributed by atoms with E-state index in [9.17, 15) is 0 Å². The van der Waals surface area contributed by atoms with Gasteiger partial charge in [-0.15, -0.1) is 0 Å². The first kappa shape index (κ1) is 15.1. The molecule has 2 N–H and O–H groups in total. The second-order valence-corrected chi connectivity index (χ2v) is 5.96. The monoisotopic (exact) mass is 333 g/mol. The molecule has 0 amide bonds. The van der Waals surface area contributed by atoms with Crippen LogP contribution in [-0.2, 0) is 6.42 Å². The lowest BCUT2D eigenvalue weighted by Crippen LogP contribution is -2.21. The summed E-state index contributed by atoms with van der Waals surface area (Å²) in [4.78, 5) is 0. The van der Waals surface area contributed by atoms with E-state index < -0.39 is 0 Å². The predicted molar refractivity (Wildman–Crippen MR) is 87.4 cm³/mol. The highest BCUT2D eigenvalue weighted by molar-refractivity contribution is 9.10. The Labute approximate surface area is 129 Å². The average Bonchev–Trinajstić information content (AvgIpc) is 2.44. The topological polar surface area (TPSA) is 35.2 Å². The fraction of sp³-hybridized carbons (Fsp3) is 0.294. The van der Waals surface area contributed by atoms with Crippen molar-refractivity contribution < 1.29 is 4.74 Å². The molecule has 2 aromatic rings. The molecule has 0 spiro atoms. The normalized spacial score (nSPS) is 12.2. The first-order valence-corrected chi connectivity index (χ1v) is 7.66. The van der Waals surface area contributed by atoms with E-state index in [1.165, 1.54) is 5.56 Å². The molecule has 0 radical (unpaired) electrons. The molecular weight excluding hydrogens is 314 g/mol. The second-order valence-electron chi connectivity index (χ2n) is 5.04. The maximum atomic E-state index is 6.07. The first-order valence-electron chi connectivity index (χ1n) is 6.87. The Bertz CT molecular complexity index is 566. The van der Waals surface area contributed by atoms with Gasteiger partial charge in [0.1, 0.15) is 11.5 Å². The van der Waals surface area contributed by atoms with E-state index in [4.69, 9.17) is 10.5 Å². The van der Waals surface area contributed by atoms with Crippen LogP contribution in [0.2, 0.25) is 0 Å². The molecular formula is C17H20BrNO. The SMILES string of the molecule is CCC(N)Cc1cc(Br)ccc1Oc1ccc(C)cc1. The Morgan fingerprint density at radius 1 is 1.15 bits per heavy atom. The van der Waals surface area contributed by atoms with Crippen molar-refractivity contribution in [3.05, 3.63) is 58.1 Å². The van der Waals surface area contributed by atoms with Crippen molar-refractivity contribution in [2.75, 3.05) is 0 Å². The van der Waals surface area contributed by atoms with Crippen LogP contribution >= 0.6 is 15.9 Å². The van der Waals surface area contributed by atoms with Crippen molar-refractivity contribution in [1.29, 1.82) is 0 Å². The molecule has 0 aliphatic carbocycles. The zero-order valence-corrected chi connectivity index (χ0v) is 13.5. The van der Waals surface area contributed by atoms with Crippen LogP contribution in [0.5, 0.6) is 11.5 Å². The van der Waals surface area contributed by atoms with Gasteiger partial charge in [-0.05, 0) is 55.7 Å². The van der Waals surface area contributed by atoms with E-state index in [1.54, 1.807) is 0 Å². The highest BCUT2D eigenvalue weighted by Crippen LogP contribution is 2.29. The molecule has 2 aromatic carbocycles. The summed E-state index contributed by atoms with van der Waals surface area (Å²) in [7, 11) is 0. The van der Waals surface area contributed by atoms with Gasteiger partial charge in [-0.25, -0.2) is 0 Å². The standard InChI is InChI=1S/C17H20BrNO/c1-3-15(19)11-13-10-14(18)6-9-17(13)20-16-7-4-12(2)5-8-16/h4-10,15H,3,11,19H2,1-2H3. The van der Waals surface area contributed by atoms with Crippen LogP contribution in [0.15, 0.2) is 46.9 Å². The van der Waals surface area contributed by atoms with E-state index in [1.807, 2.05) is 36.4 Å². The summed E-state index contributed by atoms with van der Waals surface area (Å²) in [5.74, 6) is 1.73. The van der Waals surface area contributed by atoms with Crippen LogP contribution < -0.4 is 10.5 Å². The maximum absolute atomic E-state index is 6.07. The Hall–Kier alpha value is -1.32. The van der Waals surface area contributed by atoms with Gasteiger partial charge < -0.3 is 10.5 Å². The van der Waals surface area contributed by atoms with Crippen LogP contribution in [0.25, 0.3) is 0 Å². The Kier molecular flexibility index (Phi) is 5.21. The summed E-state index contributed by atoms with van der Waals surface area (Å²) in [5, 5.41) is 0. The molecule has 0 fully saturated rings. The van der Waals surface area contributed by atoms with E-state index in [0.717, 1.165) is 34.4 Å². The Morgan fingerprint density at radius 2 is 1.85 bits per heavy atom. The third-order valence-electron chi connectivity index (χ3n) is 3.28. The highest BCUT2D eigenvalue weighted by atomic mass is 79.9. The van der Waals surface area contributed by atoms with Gasteiger partial charge in [0, 0.05) is 10.5 Å². The van der Waals surface area contributed by atoms with Crippen molar-refractivity contribution in [3.63, 3.8) is 0 Å². The molecule has 106 valence electrons. The van der Waals surface area contributed by atoms with Crippen molar-refractivity contribution in [2.45, 2.75) is 32.7 Å². The van der Waals surface area contributed by atoms with Crippen molar-refractivity contribution >= 4 is 15.9 Å². The van der Waals surface area contributed by atoms with Gasteiger partial charge in [0.05, 0.1) is 0 Å². The van der Waals surface area contributed by atoms with Gasteiger partial charge in [0.15, 0.2) is 0 Å². The first-order chi connectivity index (χ1) is 9.58. The minimum absolute atomic E-state index is 0.157. The summed E-state index contributed by atoms with van der Waals surface area (Å²) < 4.78 is 7.04. The summed E-state index contributed by atoms with van der Waals surface area (Å²) in [6.45, 7) is 4.16. The molecule has 0 heterocycles. The zero-order chi connectivity index (χ0) is 14.5. The van der Waals surface area contributed by atoms with Crippen LogP contribution in [0, 0.1) is 6.92 Å². The molecule has 2 rings (SSSR count). The number of aryl methyl sites for hydroxylation is 1. The number of hydrogen-bond donors (Lipinski definition) is 1. The van der Waals surface area contributed by atoms with Gasteiger partial charge >= 0.3 is 0 Å². The molecule has 1 unspecified atom stereocenters. The van der Waals surface area contributed by atoms with Gasteiger partial charge in [0.2, 0.25) is 0 Å². The number of benzene rings is 2. The predicted octanol–water partition coefficient (Wildman–Crippen LogP) is 4.83. The van der Waals surface area contributed by atoms with Crippen molar-refractivity contribution in [2.24, 2.45) is 5.73 Å². The number of hydrogen-bond acceptors (Lipinski definition) is 2. The molecule has 1 atom stereocenters. The van der Waals surface area contributed by atoms with Crippen molar-refractivity contribution in [1.82, 2.24) is 0 Å². The van der Waals surface area contributed by atoms with Crippen LogP contribution in [0.4, 0.5) is 0 Å². The summed E-state index contributed by atoms with van der Waals surface area (Å²) in [5.41, 5.74) is 8.42. The molecule has 2 nitrogen and oxygen atoms in total. The molecule has 0 saturated heterocycles. The Balaban J connectivity index is 2.23. The van der Waals surface area contributed by atoms with Gasteiger partial charge in [-0.1, -0.05) is 40.5 Å². The lowest BCUT2D eigenvalue weighted by Gasteiger charge is -2.15. The molecule has 0 aliphatic heterocycles. The summed E-state index contributed by atoms with van der Waals surface area (Å²) >= 11 is 3.51. The molecule has 20 heavy (non-hydrogen) atoms. The van der Waals surface area contributed by atoms with Crippen LogP contribution in [0.1, 0.15) is 24.5 Å². The lowest BCUT2D eigenvalue weighted by molar-refractivity contribution is 0.472. The molecule has 0 bridgehead atoms. The molecule has 0 aliphatic rings. The number of halogens is 1.